The molecule has 2 saturated heterocycles. The predicted molar refractivity (Wildman–Crippen MR) is 115 cm³/mol. The predicted octanol–water partition coefficient (Wildman–Crippen LogP) is 2.99. The third-order valence-electron chi connectivity index (χ3n) is 6.03. The maximum Gasteiger partial charge on any atom is 0.227 e. The molecule has 0 radical (unpaired) electrons. The number of aryl methyl sites for hydroxylation is 1. The highest BCUT2D eigenvalue weighted by atomic mass is 15.4. The van der Waals surface area contributed by atoms with E-state index in [0.29, 0.717) is 12.1 Å². The Morgan fingerprint density at radius 3 is 2.62 bits per heavy atom. The SMILES string of the molecule is CCc1cc(Nc2cc(Cc3ccccc3)nc(N3CC4CC3CN4C)n2)n[nH]1. The molecule has 2 aliphatic heterocycles. The Labute approximate surface area is 171 Å². The van der Waals surface area contributed by atoms with Crippen LogP contribution in [0.2, 0.25) is 0 Å². The molecular formula is C22H27N7. The molecule has 4 heterocycles. The summed E-state index contributed by atoms with van der Waals surface area (Å²) in [6.45, 7) is 4.19. The Morgan fingerprint density at radius 1 is 1.07 bits per heavy atom. The molecule has 150 valence electrons. The second-order valence-electron chi connectivity index (χ2n) is 8.10. The number of hydrogen-bond acceptors (Lipinski definition) is 6. The fraction of sp³-hybridized carbons (Fsp3) is 0.409. The highest BCUT2D eigenvalue weighted by molar-refractivity contribution is 5.55. The molecule has 0 amide bonds. The third kappa shape index (κ3) is 3.70. The highest BCUT2D eigenvalue weighted by Gasteiger charge is 2.42. The molecule has 3 aromatic rings. The van der Waals surface area contributed by atoms with Crippen LogP contribution >= 0.6 is 0 Å². The standard InChI is InChI=1S/C22H27N7/c1-3-16-10-21(27-26-16)24-20-11-17(9-15-7-5-4-6-8-15)23-22(25-20)29-14-18-12-19(29)13-28(18)2/h4-8,10-11,18-19H,3,9,12-14H2,1-2H3,(H2,23,24,25,26,27). The van der Waals surface area contributed by atoms with Gasteiger partial charge in [0.05, 0.1) is 5.69 Å². The van der Waals surface area contributed by atoms with Crippen molar-refractivity contribution in [1.29, 1.82) is 0 Å². The van der Waals surface area contributed by atoms with Crippen LogP contribution in [0, 0.1) is 0 Å². The van der Waals surface area contributed by atoms with Crippen molar-refractivity contribution in [3.8, 4) is 0 Å². The summed E-state index contributed by atoms with van der Waals surface area (Å²) in [5.74, 6) is 2.42. The van der Waals surface area contributed by atoms with E-state index in [9.17, 15) is 0 Å². The molecule has 7 heteroatoms. The lowest BCUT2D eigenvalue weighted by Gasteiger charge is -2.32. The summed E-state index contributed by atoms with van der Waals surface area (Å²) in [6, 6.07) is 15.7. The summed E-state index contributed by atoms with van der Waals surface area (Å²) < 4.78 is 0. The van der Waals surface area contributed by atoms with E-state index in [-0.39, 0.29) is 0 Å². The van der Waals surface area contributed by atoms with Crippen molar-refractivity contribution >= 4 is 17.6 Å². The number of nitrogens with zero attached hydrogens (tertiary/aromatic N) is 5. The van der Waals surface area contributed by atoms with Crippen LogP contribution in [0.1, 0.15) is 30.3 Å². The molecule has 2 N–H and O–H groups in total. The van der Waals surface area contributed by atoms with E-state index in [4.69, 9.17) is 9.97 Å². The number of hydrogen-bond donors (Lipinski definition) is 2. The van der Waals surface area contributed by atoms with Gasteiger partial charge in [-0.15, -0.1) is 0 Å². The average Bonchev–Trinajstić information content (AvgIpc) is 3.44. The first-order valence-corrected chi connectivity index (χ1v) is 10.4. The largest absolute Gasteiger partial charge is 0.335 e. The molecule has 2 aliphatic rings. The number of H-pyrrole nitrogens is 1. The average molecular weight is 390 g/mol. The molecule has 7 nitrogen and oxygen atoms in total. The Hall–Kier alpha value is -2.93. The second-order valence-corrected chi connectivity index (χ2v) is 8.10. The molecule has 0 aliphatic carbocycles. The molecule has 2 fully saturated rings. The van der Waals surface area contributed by atoms with E-state index in [0.717, 1.165) is 54.9 Å². The zero-order valence-electron chi connectivity index (χ0n) is 17.0. The van der Waals surface area contributed by atoms with Gasteiger partial charge in [-0.1, -0.05) is 37.3 Å². The minimum absolute atomic E-state index is 0.502. The van der Waals surface area contributed by atoms with E-state index in [1.165, 1.54) is 12.0 Å². The van der Waals surface area contributed by atoms with Crippen LogP contribution in [-0.2, 0) is 12.8 Å². The van der Waals surface area contributed by atoms with Crippen molar-refractivity contribution in [2.45, 2.75) is 38.3 Å². The number of rotatable bonds is 6. The summed E-state index contributed by atoms with van der Waals surface area (Å²) in [5.41, 5.74) is 3.37. The molecular weight excluding hydrogens is 362 g/mol. The van der Waals surface area contributed by atoms with Gasteiger partial charge in [0.15, 0.2) is 5.82 Å². The second kappa shape index (κ2) is 7.48. The van der Waals surface area contributed by atoms with E-state index in [1.54, 1.807) is 0 Å². The summed E-state index contributed by atoms with van der Waals surface area (Å²) in [6.07, 6.45) is 2.91. The van der Waals surface area contributed by atoms with Crippen molar-refractivity contribution in [3.63, 3.8) is 0 Å². The van der Waals surface area contributed by atoms with Gasteiger partial charge in [0.1, 0.15) is 5.82 Å². The van der Waals surface area contributed by atoms with Crippen LogP contribution in [0.3, 0.4) is 0 Å². The lowest BCUT2D eigenvalue weighted by atomic mass is 10.1. The van der Waals surface area contributed by atoms with Gasteiger partial charge in [-0.25, -0.2) is 4.98 Å². The number of piperazine rings is 1. The first kappa shape index (κ1) is 18.1. The molecule has 1 aromatic carbocycles. The van der Waals surface area contributed by atoms with E-state index < -0.39 is 0 Å². The lowest BCUT2D eigenvalue weighted by molar-refractivity contribution is 0.291. The molecule has 29 heavy (non-hydrogen) atoms. The topological polar surface area (TPSA) is 73.0 Å². The van der Waals surface area contributed by atoms with Crippen LogP contribution in [0.25, 0.3) is 0 Å². The number of aromatic nitrogens is 4. The van der Waals surface area contributed by atoms with Crippen molar-refractivity contribution < 1.29 is 0 Å². The van der Waals surface area contributed by atoms with Crippen molar-refractivity contribution in [2.75, 3.05) is 30.4 Å². The quantitative estimate of drug-likeness (QED) is 0.675. The van der Waals surface area contributed by atoms with Crippen molar-refractivity contribution in [3.05, 3.63) is 59.4 Å². The van der Waals surface area contributed by atoms with Gasteiger partial charge >= 0.3 is 0 Å². The first-order chi connectivity index (χ1) is 14.2. The number of benzene rings is 1. The zero-order valence-corrected chi connectivity index (χ0v) is 17.0. The lowest BCUT2D eigenvalue weighted by Crippen LogP contribution is -2.45. The Morgan fingerprint density at radius 2 is 1.93 bits per heavy atom. The molecule has 0 spiro atoms. The van der Waals surface area contributed by atoms with Crippen molar-refractivity contribution in [2.24, 2.45) is 0 Å². The van der Waals surface area contributed by atoms with Gasteiger partial charge in [0.25, 0.3) is 0 Å². The molecule has 2 unspecified atom stereocenters. The van der Waals surface area contributed by atoms with Crippen molar-refractivity contribution in [1.82, 2.24) is 25.1 Å². The van der Waals surface area contributed by atoms with Crippen LogP contribution in [0.15, 0.2) is 42.5 Å². The third-order valence-corrected chi connectivity index (χ3v) is 6.03. The number of likely N-dealkylation sites (tertiary alicyclic amines) is 1. The normalized spacial score (nSPS) is 21.1. The van der Waals surface area contributed by atoms with E-state index >= 15 is 0 Å². The van der Waals surface area contributed by atoms with Crippen LogP contribution in [0.5, 0.6) is 0 Å². The number of likely N-dealkylation sites (N-methyl/N-ethyl adjacent to an activating group) is 1. The fourth-order valence-corrected chi connectivity index (χ4v) is 4.42. The molecule has 2 atom stereocenters. The molecule has 2 aromatic heterocycles. The number of anilines is 3. The monoisotopic (exact) mass is 389 g/mol. The van der Waals surface area contributed by atoms with Gasteiger partial charge in [-0.2, -0.15) is 10.1 Å². The Kier molecular flexibility index (Phi) is 4.67. The maximum absolute atomic E-state index is 4.95. The van der Waals surface area contributed by atoms with Gasteiger partial charge in [0, 0.05) is 49.4 Å². The Bertz CT molecular complexity index is 982. The summed E-state index contributed by atoms with van der Waals surface area (Å²) in [4.78, 5) is 14.6. The van der Waals surface area contributed by atoms with Crippen LogP contribution < -0.4 is 10.2 Å². The maximum atomic E-state index is 4.95. The fourth-order valence-electron chi connectivity index (χ4n) is 4.42. The van der Waals surface area contributed by atoms with Gasteiger partial charge in [0.2, 0.25) is 5.95 Å². The van der Waals surface area contributed by atoms with E-state index in [1.807, 2.05) is 18.2 Å². The zero-order chi connectivity index (χ0) is 19.8. The smallest absolute Gasteiger partial charge is 0.227 e. The summed E-state index contributed by atoms with van der Waals surface area (Å²) in [5, 5.41) is 10.8. The van der Waals surface area contributed by atoms with Gasteiger partial charge in [-0.3, -0.25) is 10.00 Å². The Balaban J connectivity index is 1.45. The molecule has 2 bridgehead atoms. The minimum Gasteiger partial charge on any atom is -0.335 e. The van der Waals surface area contributed by atoms with E-state index in [2.05, 4.69) is 63.6 Å². The minimum atomic E-state index is 0.502. The number of fused-ring (bicyclic) bond motifs is 2. The van der Waals surface area contributed by atoms with Crippen LogP contribution in [0.4, 0.5) is 17.6 Å². The van der Waals surface area contributed by atoms with Gasteiger partial charge < -0.3 is 10.2 Å². The molecule has 0 saturated carbocycles. The summed E-state index contributed by atoms with van der Waals surface area (Å²) in [7, 11) is 2.21. The van der Waals surface area contributed by atoms with Gasteiger partial charge in [-0.05, 0) is 25.5 Å². The van der Waals surface area contributed by atoms with Crippen LogP contribution in [-0.4, -0.2) is 57.3 Å². The summed E-state index contributed by atoms with van der Waals surface area (Å²) >= 11 is 0. The number of nitrogens with one attached hydrogen (secondary N) is 2. The number of aromatic amines is 1. The highest BCUT2D eigenvalue weighted by Crippen LogP contribution is 2.33. The molecule has 5 rings (SSSR count). The first-order valence-electron chi connectivity index (χ1n) is 10.4.